The largest absolute Gasteiger partial charge is 0.455 e. The molecule has 3 aromatic rings. The minimum Gasteiger partial charge on any atom is -0.455 e. The fraction of sp³-hybridized carbons (Fsp3) is 0.259. The molecule has 0 saturated carbocycles. The summed E-state index contributed by atoms with van der Waals surface area (Å²) in [6.07, 6.45) is 2.03. The van der Waals surface area contributed by atoms with Crippen molar-refractivity contribution in [2.75, 3.05) is 30.9 Å². The number of para-hydroxylation sites is 2. The maximum absolute atomic E-state index is 13.0. The number of rotatable bonds is 10. The van der Waals surface area contributed by atoms with Crippen LogP contribution in [0.25, 0.3) is 0 Å². The molecule has 1 aliphatic rings. The molecule has 1 fully saturated rings. The number of piperidine rings is 1. The van der Waals surface area contributed by atoms with E-state index in [1.54, 1.807) is 36.4 Å². The van der Waals surface area contributed by atoms with Crippen LogP contribution in [-0.2, 0) is 14.8 Å². The molecule has 38 heavy (non-hydrogen) atoms. The molecule has 4 N–H and O–H groups in total. The van der Waals surface area contributed by atoms with Crippen LogP contribution in [0.2, 0.25) is 0 Å². The van der Waals surface area contributed by atoms with Gasteiger partial charge in [0.15, 0.2) is 5.75 Å². The summed E-state index contributed by atoms with van der Waals surface area (Å²) in [6.45, 7) is 2.34. The van der Waals surface area contributed by atoms with Crippen LogP contribution in [0.4, 0.5) is 5.69 Å². The number of amides is 2. The van der Waals surface area contributed by atoms with Crippen molar-refractivity contribution in [3.05, 3.63) is 82.8 Å². The molecule has 0 spiro atoms. The van der Waals surface area contributed by atoms with Crippen molar-refractivity contribution in [1.29, 1.82) is 0 Å². The Morgan fingerprint density at radius 1 is 0.921 bits per heavy atom. The molecule has 0 atom stereocenters. The number of hydrogen-bond acceptors (Lipinski definition) is 6. The van der Waals surface area contributed by atoms with E-state index < -0.39 is 15.9 Å². The molecule has 9 nitrogen and oxygen atoms in total. The Labute approximate surface area is 230 Å². The Hall–Kier alpha value is -3.41. The second-order valence-corrected chi connectivity index (χ2v) is 11.5. The molecule has 200 valence electrons. The third-order valence-electron chi connectivity index (χ3n) is 6.06. The quantitative estimate of drug-likeness (QED) is 0.280. The summed E-state index contributed by atoms with van der Waals surface area (Å²) in [5.74, 6) is 0.609. The topological polar surface area (TPSA) is 126 Å². The van der Waals surface area contributed by atoms with Crippen molar-refractivity contribution in [2.24, 2.45) is 5.92 Å². The lowest BCUT2D eigenvalue weighted by atomic mass is 9.98. The van der Waals surface area contributed by atoms with Crippen LogP contribution in [-0.4, -0.2) is 46.4 Å². The van der Waals surface area contributed by atoms with E-state index in [1.807, 2.05) is 12.1 Å². The van der Waals surface area contributed by atoms with Crippen LogP contribution in [0.15, 0.2) is 82.2 Å². The fourth-order valence-electron chi connectivity index (χ4n) is 3.93. The van der Waals surface area contributed by atoms with Crippen molar-refractivity contribution in [3.8, 4) is 11.5 Å². The van der Waals surface area contributed by atoms with E-state index in [-0.39, 0.29) is 28.6 Å². The van der Waals surface area contributed by atoms with E-state index in [0.29, 0.717) is 24.0 Å². The predicted molar refractivity (Wildman–Crippen MR) is 149 cm³/mol. The van der Waals surface area contributed by atoms with Gasteiger partial charge in [0, 0.05) is 16.6 Å². The number of carbonyl (C=O) groups excluding carboxylic acids is 2. The summed E-state index contributed by atoms with van der Waals surface area (Å²) in [5.41, 5.74) is 0.516. The zero-order valence-corrected chi connectivity index (χ0v) is 23.0. The first-order valence-corrected chi connectivity index (χ1v) is 14.5. The van der Waals surface area contributed by atoms with E-state index in [0.717, 1.165) is 30.4 Å². The average Bonchev–Trinajstić information content (AvgIpc) is 2.93. The molecule has 11 heteroatoms. The van der Waals surface area contributed by atoms with Crippen LogP contribution in [0.5, 0.6) is 11.5 Å². The number of benzene rings is 3. The monoisotopic (exact) mass is 600 g/mol. The molecule has 1 heterocycles. The van der Waals surface area contributed by atoms with E-state index >= 15 is 0 Å². The first-order chi connectivity index (χ1) is 18.3. The lowest BCUT2D eigenvalue weighted by molar-refractivity contribution is -0.120. The molecule has 1 aliphatic heterocycles. The summed E-state index contributed by atoms with van der Waals surface area (Å²) < 4.78 is 35.3. The molecule has 0 radical (unpaired) electrons. The number of hydrogen-bond donors (Lipinski definition) is 4. The zero-order valence-electron chi connectivity index (χ0n) is 20.6. The van der Waals surface area contributed by atoms with Gasteiger partial charge >= 0.3 is 0 Å². The smallest absolute Gasteiger partial charge is 0.262 e. The predicted octanol–water partition coefficient (Wildman–Crippen LogP) is 3.89. The maximum atomic E-state index is 13.0. The Morgan fingerprint density at radius 2 is 1.61 bits per heavy atom. The van der Waals surface area contributed by atoms with E-state index in [1.165, 1.54) is 24.3 Å². The normalized spacial score (nSPS) is 13.9. The highest BCUT2D eigenvalue weighted by molar-refractivity contribution is 9.10. The standard InChI is InChI=1S/C27H29BrN4O5S/c28-21-7-9-22(10-8-21)37-25-4-2-1-3-24(25)32-38(35,36)23-11-5-20(6-12-23)27(34)31-18-26(33)30-17-19-13-15-29-16-14-19/h1-12,19,29,32H,13-18H2,(H,30,33)(H,31,34). The first kappa shape index (κ1) is 27.6. The molecule has 0 bridgehead atoms. The Morgan fingerprint density at radius 3 is 2.32 bits per heavy atom. The van der Waals surface area contributed by atoms with Crippen molar-refractivity contribution < 1.29 is 22.7 Å². The van der Waals surface area contributed by atoms with Gasteiger partial charge in [0.25, 0.3) is 15.9 Å². The van der Waals surface area contributed by atoms with E-state index in [2.05, 4.69) is 36.6 Å². The van der Waals surface area contributed by atoms with Crippen molar-refractivity contribution in [2.45, 2.75) is 17.7 Å². The lowest BCUT2D eigenvalue weighted by Crippen LogP contribution is -2.40. The number of carbonyl (C=O) groups is 2. The number of sulfonamides is 1. The summed E-state index contributed by atoms with van der Waals surface area (Å²) in [4.78, 5) is 24.5. The third-order valence-corrected chi connectivity index (χ3v) is 7.97. The zero-order chi connectivity index (χ0) is 27.0. The molecule has 2 amide bonds. The second-order valence-electron chi connectivity index (χ2n) is 8.86. The van der Waals surface area contributed by atoms with Crippen LogP contribution in [0.3, 0.4) is 0 Å². The van der Waals surface area contributed by atoms with Gasteiger partial charge in [-0.05, 0) is 92.5 Å². The van der Waals surface area contributed by atoms with Crippen LogP contribution in [0.1, 0.15) is 23.2 Å². The van der Waals surface area contributed by atoms with Gasteiger partial charge in [-0.3, -0.25) is 14.3 Å². The van der Waals surface area contributed by atoms with Gasteiger partial charge in [0.05, 0.1) is 17.1 Å². The highest BCUT2D eigenvalue weighted by Gasteiger charge is 2.18. The van der Waals surface area contributed by atoms with Gasteiger partial charge in [0.2, 0.25) is 5.91 Å². The van der Waals surface area contributed by atoms with Gasteiger partial charge in [-0.1, -0.05) is 28.1 Å². The number of halogens is 1. The van der Waals surface area contributed by atoms with Crippen molar-refractivity contribution in [3.63, 3.8) is 0 Å². The minimum absolute atomic E-state index is 0.0211. The summed E-state index contributed by atoms with van der Waals surface area (Å²) >= 11 is 3.37. The summed E-state index contributed by atoms with van der Waals surface area (Å²) in [5, 5.41) is 8.70. The van der Waals surface area contributed by atoms with Gasteiger partial charge < -0.3 is 20.7 Å². The number of anilines is 1. The van der Waals surface area contributed by atoms with Crippen molar-refractivity contribution >= 4 is 43.5 Å². The molecule has 0 aromatic heterocycles. The Balaban J connectivity index is 1.33. The number of ether oxygens (including phenoxy) is 1. The second kappa shape index (κ2) is 12.9. The SMILES string of the molecule is O=C(CNC(=O)c1ccc(S(=O)(=O)Nc2ccccc2Oc2ccc(Br)cc2)cc1)NCC1CCNCC1. The van der Waals surface area contributed by atoms with Crippen LogP contribution < -0.4 is 25.4 Å². The molecule has 0 unspecified atom stereocenters. The molecular formula is C27H29BrN4O5S. The minimum atomic E-state index is -3.96. The number of nitrogens with one attached hydrogen (secondary N) is 4. The molecule has 1 saturated heterocycles. The highest BCUT2D eigenvalue weighted by atomic mass is 79.9. The summed E-state index contributed by atoms with van der Waals surface area (Å²) in [6, 6.07) is 19.4. The summed E-state index contributed by atoms with van der Waals surface area (Å²) in [7, 11) is -3.96. The van der Waals surface area contributed by atoms with Gasteiger partial charge in [0.1, 0.15) is 5.75 Å². The van der Waals surface area contributed by atoms with Crippen LogP contribution in [0, 0.1) is 5.92 Å². The third kappa shape index (κ3) is 7.80. The first-order valence-electron chi connectivity index (χ1n) is 12.2. The van der Waals surface area contributed by atoms with E-state index in [4.69, 9.17) is 4.74 Å². The Bertz CT molecular complexity index is 1360. The molecule has 0 aliphatic carbocycles. The molecular weight excluding hydrogens is 572 g/mol. The molecule has 4 rings (SSSR count). The van der Waals surface area contributed by atoms with Gasteiger partial charge in [-0.15, -0.1) is 0 Å². The highest BCUT2D eigenvalue weighted by Crippen LogP contribution is 2.31. The van der Waals surface area contributed by atoms with Crippen molar-refractivity contribution in [1.82, 2.24) is 16.0 Å². The van der Waals surface area contributed by atoms with Gasteiger partial charge in [-0.2, -0.15) is 0 Å². The van der Waals surface area contributed by atoms with Gasteiger partial charge in [-0.25, -0.2) is 8.42 Å². The van der Waals surface area contributed by atoms with E-state index in [9.17, 15) is 18.0 Å². The Kier molecular flexibility index (Phi) is 9.38. The maximum Gasteiger partial charge on any atom is 0.262 e. The van der Waals surface area contributed by atoms with Crippen LogP contribution >= 0.6 is 15.9 Å². The molecule has 3 aromatic carbocycles. The average molecular weight is 602 g/mol. The lowest BCUT2D eigenvalue weighted by Gasteiger charge is -2.22. The fourth-order valence-corrected chi connectivity index (χ4v) is 5.26.